The Hall–Kier alpha value is -1.02. The molecule has 1 amide bonds. The second-order valence-corrected chi connectivity index (χ2v) is 5.92. The first-order valence-corrected chi connectivity index (χ1v) is 8.57. The highest BCUT2D eigenvalue weighted by Gasteiger charge is 2.06. The van der Waals surface area contributed by atoms with E-state index in [2.05, 4.69) is 5.32 Å². The molecule has 0 aromatic carbocycles. The van der Waals surface area contributed by atoms with E-state index in [-0.39, 0.29) is 31.7 Å². The van der Waals surface area contributed by atoms with Gasteiger partial charge >= 0.3 is 0 Å². The van der Waals surface area contributed by atoms with Crippen LogP contribution in [-0.4, -0.2) is 70.6 Å². The van der Waals surface area contributed by atoms with Crippen LogP contribution in [0.4, 0.5) is 0 Å². The summed E-state index contributed by atoms with van der Waals surface area (Å²) in [6.07, 6.45) is 0.514. The zero-order valence-electron chi connectivity index (χ0n) is 15.5. The van der Waals surface area contributed by atoms with Crippen LogP contribution in [0.3, 0.4) is 0 Å². The Morgan fingerprint density at radius 2 is 1.50 bits per heavy atom. The molecule has 0 aliphatic carbocycles. The quantitative estimate of drug-likeness (QED) is 0.425. The van der Waals surface area contributed by atoms with Crippen LogP contribution in [0, 0.1) is 5.92 Å². The summed E-state index contributed by atoms with van der Waals surface area (Å²) >= 11 is 0. The predicted octanol–water partition coefficient (Wildman–Crippen LogP) is 1.44. The van der Waals surface area contributed by atoms with Gasteiger partial charge in [0, 0.05) is 20.3 Å². The number of ether oxygens (including phenoxy) is 4. The molecular weight excluding hydrogens is 314 g/mol. The van der Waals surface area contributed by atoms with Crippen molar-refractivity contribution in [1.82, 2.24) is 5.32 Å². The molecule has 0 unspecified atom stereocenters. The Morgan fingerprint density at radius 3 is 2.17 bits per heavy atom. The SMILES string of the molecule is CC(C)OCCOCCC(=O)NCCOCCOCC(=O)C(C)C.[HH]. The fourth-order valence-electron chi connectivity index (χ4n) is 1.52. The lowest BCUT2D eigenvalue weighted by atomic mass is 10.1. The molecule has 0 atom stereocenters. The molecule has 0 rings (SSSR count). The van der Waals surface area contributed by atoms with Gasteiger partial charge in [-0.15, -0.1) is 0 Å². The van der Waals surface area contributed by atoms with Crippen LogP contribution in [0.15, 0.2) is 0 Å². The summed E-state index contributed by atoms with van der Waals surface area (Å²) in [5.41, 5.74) is 0. The fraction of sp³-hybridized carbons (Fsp3) is 0.882. The third-order valence-corrected chi connectivity index (χ3v) is 2.98. The summed E-state index contributed by atoms with van der Waals surface area (Å²) in [5, 5.41) is 2.75. The molecule has 7 heteroatoms. The van der Waals surface area contributed by atoms with Crippen molar-refractivity contribution in [1.29, 1.82) is 0 Å². The Labute approximate surface area is 146 Å². The average Bonchev–Trinajstić information content (AvgIpc) is 2.52. The third kappa shape index (κ3) is 15.9. The Balaban J connectivity index is 0. The molecule has 0 aliphatic rings. The Morgan fingerprint density at radius 1 is 0.875 bits per heavy atom. The van der Waals surface area contributed by atoms with E-state index in [1.54, 1.807) is 0 Å². The van der Waals surface area contributed by atoms with Gasteiger partial charge in [-0.1, -0.05) is 13.8 Å². The molecule has 0 saturated heterocycles. The van der Waals surface area contributed by atoms with Crippen LogP contribution < -0.4 is 5.32 Å². The van der Waals surface area contributed by atoms with Gasteiger partial charge in [-0.3, -0.25) is 9.59 Å². The molecule has 0 heterocycles. The molecule has 24 heavy (non-hydrogen) atoms. The maximum Gasteiger partial charge on any atom is 0.222 e. The van der Waals surface area contributed by atoms with Crippen molar-refractivity contribution in [2.75, 3.05) is 52.8 Å². The van der Waals surface area contributed by atoms with Crippen LogP contribution in [0.1, 0.15) is 35.5 Å². The van der Waals surface area contributed by atoms with Crippen molar-refractivity contribution in [3.8, 4) is 0 Å². The largest absolute Gasteiger partial charge is 0.379 e. The molecule has 144 valence electrons. The number of nitrogens with one attached hydrogen (secondary N) is 1. The monoisotopic (exact) mass is 349 g/mol. The van der Waals surface area contributed by atoms with Gasteiger partial charge in [0.05, 0.1) is 45.7 Å². The smallest absolute Gasteiger partial charge is 0.222 e. The topological polar surface area (TPSA) is 83.1 Å². The van der Waals surface area contributed by atoms with E-state index in [9.17, 15) is 9.59 Å². The highest BCUT2D eigenvalue weighted by molar-refractivity contribution is 5.81. The third-order valence-electron chi connectivity index (χ3n) is 2.98. The molecule has 0 aromatic rings. The zero-order valence-corrected chi connectivity index (χ0v) is 15.5. The van der Waals surface area contributed by atoms with Crippen molar-refractivity contribution in [2.24, 2.45) is 5.92 Å². The van der Waals surface area contributed by atoms with Gasteiger partial charge in [-0.05, 0) is 13.8 Å². The number of hydrogen-bond acceptors (Lipinski definition) is 6. The number of carbonyl (C=O) groups is 2. The first kappa shape index (κ1) is 23.0. The average molecular weight is 349 g/mol. The number of Topliss-reactive ketones (excluding diaryl/α,β-unsaturated/α-hetero) is 1. The maximum atomic E-state index is 11.5. The molecule has 0 bridgehead atoms. The summed E-state index contributed by atoms with van der Waals surface area (Å²) in [6, 6.07) is 0. The first-order chi connectivity index (χ1) is 11.4. The van der Waals surface area contributed by atoms with Crippen LogP contribution in [-0.2, 0) is 28.5 Å². The summed E-state index contributed by atoms with van der Waals surface area (Å²) in [7, 11) is 0. The summed E-state index contributed by atoms with van der Waals surface area (Å²) in [4.78, 5) is 22.8. The van der Waals surface area contributed by atoms with Crippen LogP contribution in [0.2, 0.25) is 0 Å². The highest BCUT2D eigenvalue weighted by atomic mass is 16.5. The van der Waals surface area contributed by atoms with Gasteiger partial charge in [0.25, 0.3) is 0 Å². The van der Waals surface area contributed by atoms with Crippen LogP contribution in [0.5, 0.6) is 0 Å². The van der Waals surface area contributed by atoms with Gasteiger partial charge in [-0.2, -0.15) is 0 Å². The fourth-order valence-corrected chi connectivity index (χ4v) is 1.52. The number of carbonyl (C=O) groups excluding carboxylic acids is 2. The van der Waals surface area contributed by atoms with E-state index in [4.69, 9.17) is 18.9 Å². The summed E-state index contributed by atoms with van der Waals surface area (Å²) in [5.74, 6) is 0.00949. The van der Waals surface area contributed by atoms with Crippen molar-refractivity contribution >= 4 is 11.7 Å². The van der Waals surface area contributed by atoms with Crippen LogP contribution >= 0.6 is 0 Å². The number of amides is 1. The molecular formula is C17H35NO6. The minimum atomic E-state index is -0.0674. The van der Waals surface area contributed by atoms with E-state index < -0.39 is 0 Å². The molecule has 7 nitrogen and oxygen atoms in total. The van der Waals surface area contributed by atoms with E-state index in [1.807, 2.05) is 27.7 Å². The van der Waals surface area contributed by atoms with E-state index in [0.717, 1.165) is 0 Å². The highest BCUT2D eigenvalue weighted by Crippen LogP contribution is 1.94. The number of rotatable bonds is 16. The van der Waals surface area contributed by atoms with E-state index >= 15 is 0 Å². The summed E-state index contributed by atoms with van der Waals surface area (Å²) < 4.78 is 21.1. The number of ketones is 1. The van der Waals surface area contributed by atoms with Gasteiger partial charge in [-0.25, -0.2) is 0 Å². The van der Waals surface area contributed by atoms with Crippen LogP contribution in [0.25, 0.3) is 0 Å². The summed E-state index contributed by atoms with van der Waals surface area (Å²) in [6.45, 7) is 10.8. The lowest BCUT2D eigenvalue weighted by Crippen LogP contribution is -2.28. The van der Waals surface area contributed by atoms with Crippen molar-refractivity contribution in [2.45, 2.75) is 40.2 Å². The second-order valence-electron chi connectivity index (χ2n) is 5.92. The normalized spacial score (nSPS) is 11.2. The van der Waals surface area contributed by atoms with E-state index in [1.165, 1.54) is 0 Å². The molecule has 1 N–H and O–H groups in total. The van der Waals surface area contributed by atoms with Gasteiger partial charge in [0.15, 0.2) is 5.78 Å². The lowest BCUT2D eigenvalue weighted by Gasteiger charge is -2.09. The van der Waals surface area contributed by atoms with Gasteiger partial charge in [0.1, 0.15) is 6.61 Å². The molecule has 0 spiro atoms. The number of hydrogen-bond donors (Lipinski definition) is 1. The Bertz CT molecular complexity index is 339. The lowest BCUT2D eigenvalue weighted by molar-refractivity contribution is -0.127. The maximum absolute atomic E-state index is 11.5. The molecule has 0 fully saturated rings. The van der Waals surface area contributed by atoms with E-state index in [0.29, 0.717) is 52.6 Å². The van der Waals surface area contributed by atoms with Gasteiger partial charge in [0.2, 0.25) is 5.91 Å². The second kappa shape index (κ2) is 15.5. The van der Waals surface area contributed by atoms with Gasteiger partial charge < -0.3 is 24.3 Å². The van der Waals surface area contributed by atoms with Crippen molar-refractivity contribution < 1.29 is 30.0 Å². The van der Waals surface area contributed by atoms with Crippen molar-refractivity contribution in [3.05, 3.63) is 0 Å². The molecule has 0 saturated carbocycles. The minimum absolute atomic E-state index is 0. The predicted molar refractivity (Wildman–Crippen MR) is 93.1 cm³/mol. The first-order valence-electron chi connectivity index (χ1n) is 8.57. The molecule has 0 radical (unpaired) electrons. The minimum Gasteiger partial charge on any atom is -0.379 e. The standard InChI is InChI=1S/C17H33NO6.H2/c1-14(2)16(19)13-23-10-9-22-8-6-18-17(20)5-7-21-11-12-24-15(3)4;/h14-15H,5-13H2,1-4H3,(H,18,20);1H. The molecule has 0 aliphatic heterocycles. The Kier molecular flexibility index (Phi) is 14.8. The van der Waals surface area contributed by atoms with Crippen molar-refractivity contribution in [3.63, 3.8) is 0 Å². The molecule has 0 aromatic heterocycles. The zero-order chi connectivity index (χ0) is 18.2.